The first-order valence-corrected chi connectivity index (χ1v) is 9.48. The van der Waals surface area contributed by atoms with Gasteiger partial charge in [0.1, 0.15) is 12.4 Å². The molecule has 6 heteroatoms. The molecule has 1 aliphatic rings. The van der Waals surface area contributed by atoms with Gasteiger partial charge in [-0.15, -0.1) is 0 Å². The average molecular weight is 328 g/mol. The molecule has 0 unspecified atom stereocenters. The van der Waals surface area contributed by atoms with Crippen LogP contribution in [-0.2, 0) is 19.0 Å². The second-order valence-electron chi connectivity index (χ2n) is 5.66. The van der Waals surface area contributed by atoms with Crippen LogP contribution in [0, 0.1) is 5.92 Å². The van der Waals surface area contributed by atoms with Gasteiger partial charge in [-0.05, 0) is 43.7 Å². The minimum atomic E-state index is -3.33. The summed E-state index contributed by atoms with van der Waals surface area (Å²) in [6.45, 7) is 1.41. The van der Waals surface area contributed by atoms with Gasteiger partial charge in [-0.25, -0.2) is 0 Å². The first kappa shape index (κ1) is 17.2. The molecule has 22 heavy (non-hydrogen) atoms. The van der Waals surface area contributed by atoms with E-state index in [0.29, 0.717) is 25.7 Å². The molecule has 1 aromatic rings. The van der Waals surface area contributed by atoms with Crippen molar-refractivity contribution in [3.05, 3.63) is 30.3 Å². The highest BCUT2D eigenvalue weighted by molar-refractivity contribution is 7.85. The van der Waals surface area contributed by atoms with Crippen molar-refractivity contribution < 1.29 is 22.1 Å². The standard InChI is InChI=1S/C16H24O5S/c1-22(17,18)21-13-14-7-9-16(10-8-14)20-12-11-19-15-5-3-2-4-6-15/h2-6,14,16H,7-13H2,1H3. The van der Waals surface area contributed by atoms with Crippen molar-refractivity contribution in [1.82, 2.24) is 0 Å². The van der Waals surface area contributed by atoms with Crippen LogP contribution < -0.4 is 4.74 Å². The van der Waals surface area contributed by atoms with Crippen molar-refractivity contribution in [3.8, 4) is 5.75 Å². The highest BCUT2D eigenvalue weighted by atomic mass is 32.2. The van der Waals surface area contributed by atoms with Crippen molar-refractivity contribution in [2.45, 2.75) is 31.8 Å². The largest absolute Gasteiger partial charge is 0.491 e. The smallest absolute Gasteiger partial charge is 0.264 e. The van der Waals surface area contributed by atoms with E-state index < -0.39 is 10.1 Å². The fraction of sp³-hybridized carbons (Fsp3) is 0.625. The summed E-state index contributed by atoms with van der Waals surface area (Å²) in [4.78, 5) is 0. The van der Waals surface area contributed by atoms with Gasteiger partial charge >= 0.3 is 0 Å². The second-order valence-corrected chi connectivity index (χ2v) is 7.31. The maximum Gasteiger partial charge on any atom is 0.264 e. The lowest BCUT2D eigenvalue weighted by molar-refractivity contribution is 0.000391. The Hall–Kier alpha value is -1.11. The molecule has 1 fully saturated rings. The van der Waals surface area contributed by atoms with Crippen LogP contribution in [0.1, 0.15) is 25.7 Å². The summed E-state index contributed by atoms with van der Waals surface area (Å²) in [7, 11) is -3.33. The molecule has 0 saturated heterocycles. The summed E-state index contributed by atoms with van der Waals surface area (Å²) in [6.07, 6.45) is 5.12. The molecule has 5 nitrogen and oxygen atoms in total. The number of para-hydroxylation sites is 1. The molecular formula is C16H24O5S. The minimum absolute atomic E-state index is 0.244. The van der Waals surface area contributed by atoms with Crippen LogP contribution in [0.25, 0.3) is 0 Å². The van der Waals surface area contributed by atoms with Crippen LogP contribution in [0.15, 0.2) is 30.3 Å². The van der Waals surface area contributed by atoms with Crippen LogP contribution in [0.4, 0.5) is 0 Å². The monoisotopic (exact) mass is 328 g/mol. The molecule has 1 aliphatic carbocycles. The molecule has 0 spiro atoms. The Bertz CT molecular complexity index is 521. The van der Waals surface area contributed by atoms with Gasteiger partial charge in [-0.1, -0.05) is 18.2 Å². The zero-order valence-corrected chi connectivity index (χ0v) is 13.8. The third kappa shape index (κ3) is 6.77. The van der Waals surface area contributed by atoms with Gasteiger partial charge < -0.3 is 9.47 Å². The summed E-state index contributed by atoms with van der Waals surface area (Å²) in [6, 6.07) is 9.68. The minimum Gasteiger partial charge on any atom is -0.491 e. The van der Waals surface area contributed by atoms with Crippen LogP contribution >= 0.6 is 0 Å². The molecular weight excluding hydrogens is 304 g/mol. The molecule has 0 amide bonds. The Balaban J connectivity index is 1.56. The maximum atomic E-state index is 11.0. The fourth-order valence-electron chi connectivity index (χ4n) is 2.58. The van der Waals surface area contributed by atoms with E-state index in [1.54, 1.807) is 0 Å². The molecule has 0 atom stereocenters. The molecule has 0 bridgehead atoms. The highest BCUT2D eigenvalue weighted by Gasteiger charge is 2.22. The van der Waals surface area contributed by atoms with Gasteiger partial charge in [-0.2, -0.15) is 8.42 Å². The number of hydrogen-bond acceptors (Lipinski definition) is 5. The molecule has 0 heterocycles. The first-order valence-electron chi connectivity index (χ1n) is 7.67. The lowest BCUT2D eigenvalue weighted by Crippen LogP contribution is -2.26. The van der Waals surface area contributed by atoms with Crippen molar-refractivity contribution >= 4 is 10.1 Å². The second kappa shape index (κ2) is 8.50. The zero-order chi connectivity index (χ0) is 15.8. The summed E-state index contributed by atoms with van der Waals surface area (Å²) in [5, 5.41) is 0. The molecule has 1 saturated carbocycles. The summed E-state index contributed by atoms with van der Waals surface area (Å²) in [5.41, 5.74) is 0. The van der Waals surface area contributed by atoms with E-state index in [9.17, 15) is 8.42 Å². The first-order chi connectivity index (χ1) is 10.5. The van der Waals surface area contributed by atoms with Gasteiger partial charge in [0.05, 0.1) is 25.6 Å². The third-order valence-electron chi connectivity index (χ3n) is 3.76. The molecule has 0 aliphatic heterocycles. The van der Waals surface area contributed by atoms with Crippen LogP contribution in [0.2, 0.25) is 0 Å². The Kier molecular flexibility index (Phi) is 6.67. The van der Waals surface area contributed by atoms with E-state index in [1.807, 2.05) is 30.3 Å². The lowest BCUT2D eigenvalue weighted by atomic mass is 9.88. The number of ether oxygens (including phenoxy) is 2. The summed E-state index contributed by atoms with van der Waals surface area (Å²) >= 11 is 0. The fourth-order valence-corrected chi connectivity index (χ4v) is 3.02. The Morgan fingerprint density at radius 2 is 1.73 bits per heavy atom. The molecule has 0 radical (unpaired) electrons. The van der Waals surface area contributed by atoms with Crippen LogP contribution in [-0.4, -0.2) is 40.6 Å². The molecule has 2 rings (SSSR count). The van der Waals surface area contributed by atoms with Crippen molar-refractivity contribution in [2.24, 2.45) is 5.92 Å². The number of benzene rings is 1. The van der Waals surface area contributed by atoms with Crippen molar-refractivity contribution in [3.63, 3.8) is 0 Å². The Morgan fingerprint density at radius 3 is 2.36 bits per heavy atom. The predicted molar refractivity (Wildman–Crippen MR) is 84.4 cm³/mol. The van der Waals surface area contributed by atoms with Gasteiger partial charge in [0.25, 0.3) is 10.1 Å². The third-order valence-corrected chi connectivity index (χ3v) is 4.32. The predicted octanol–water partition coefficient (Wildman–Crippen LogP) is 2.62. The zero-order valence-electron chi connectivity index (χ0n) is 12.9. The van der Waals surface area contributed by atoms with Gasteiger partial charge in [0.15, 0.2) is 0 Å². The van der Waals surface area contributed by atoms with E-state index >= 15 is 0 Å². The van der Waals surface area contributed by atoms with Gasteiger partial charge in [0, 0.05) is 0 Å². The highest BCUT2D eigenvalue weighted by Crippen LogP contribution is 2.26. The molecule has 0 N–H and O–H groups in total. The van der Waals surface area contributed by atoms with Gasteiger partial charge in [0.2, 0.25) is 0 Å². The summed E-state index contributed by atoms with van der Waals surface area (Å²) < 4.78 is 38.2. The Morgan fingerprint density at radius 1 is 1.05 bits per heavy atom. The topological polar surface area (TPSA) is 61.8 Å². The Labute approximate surface area is 132 Å². The lowest BCUT2D eigenvalue weighted by Gasteiger charge is -2.28. The SMILES string of the molecule is CS(=O)(=O)OCC1CCC(OCCOc2ccccc2)CC1. The van der Waals surface area contributed by atoms with E-state index in [2.05, 4.69) is 0 Å². The van der Waals surface area contributed by atoms with E-state index in [-0.39, 0.29) is 6.10 Å². The van der Waals surface area contributed by atoms with Crippen LogP contribution in [0.3, 0.4) is 0 Å². The molecule has 0 aromatic heterocycles. The van der Waals surface area contributed by atoms with E-state index in [1.165, 1.54) is 0 Å². The van der Waals surface area contributed by atoms with Gasteiger partial charge in [-0.3, -0.25) is 4.18 Å². The quantitative estimate of drug-likeness (QED) is 0.542. The van der Waals surface area contributed by atoms with Crippen molar-refractivity contribution in [1.29, 1.82) is 0 Å². The maximum absolute atomic E-state index is 11.0. The average Bonchev–Trinajstić information content (AvgIpc) is 2.51. The van der Waals surface area contributed by atoms with E-state index in [0.717, 1.165) is 37.7 Å². The number of rotatable bonds is 8. The van der Waals surface area contributed by atoms with Crippen LogP contribution in [0.5, 0.6) is 5.75 Å². The summed E-state index contributed by atoms with van der Waals surface area (Å²) in [5.74, 6) is 1.17. The van der Waals surface area contributed by atoms with Crippen molar-refractivity contribution in [2.75, 3.05) is 26.1 Å². The van der Waals surface area contributed by atoms with E-state index in [4.69, 9.17) is 13.7 Å². The molecule has 1 aromatic carbocycles. The molecule has 124 valence electrons. The number of hydrogen-bond donors (Lipinski definition) is 0. The normalized spacial score (nSPS) is 22.4.